The standard InChI is InChI=1S/C17H12F3N3O2/c18-17(19,20)25-15-5-2-1-4-14(15)22-16(24)12-6-8-13(9-7-12)23-11-3-10-21-23/h1-11H,(H,22,24). The van der Waals surface area contributed by atoms with Crippen molar-refractivity contribution in [3.8, 4) is 11.4 Å². The van der Waals surface area contributed by atoms with Gasteiger partial charge in [0.2, 0.25) is 0 Å². The van der Waals surface area contributed by atoms with Crippen LogP contribution in [0.3, 0.4) is 0 Å². The van der Waals surface area contributed by atoms with E-state index in [9.17, 15) is 18.0 Å². The Labute approximate surface area is 140 Å². The number of aromatic nitrogens is 2. The Hall–Kier alpha value is -3.29. The second kappa shape index (κ2) is 6.68. The second-order valence-corrected chi connectivity index (χ2v) is 5.00. The zero-order valence-electron chi connectivity index (χ0n) is 12.7. The molecule has 0 aliphatic rings. The van der Waals surface area contributed by atoms with Crippen molar-refractivity contribution in [3.63, 3.8) is 0 Å². The van der Waals surface area contributed by atoms with Gasteiger partial charge in [-0.05, 0) is 42.5 Å². The van der Waals surface area contributed by atoms with E-state index in [4.69, 9.17) is 0 Å². The maximum absolute atomic E-state index is 12.4. The first-order valence-electron chi connectivity index (χ1n) is 7.18. The molecule has 0 radical (unpaired) electrons. The third-order valence-corrected chi connectivity index (χ3v) is 3.26. The van der Waals surface area contributed by atoms with Gasteiger partial charge in [0, 0.05) is 18.0 Å². The van der Waals surface area contributed by atoms with E-state index < -0.39 is 18.0 Å². The number of alkyl halides is 3. The number of nitrogens with one attached hydrogen (secondary N) is 1. The fourth-order valence-corrected chi connectivity index (χ4v) is 2.17. The first-order valence-corrected chi connectivity index (χ1v) is 7.18. The van der Waals surface area contributed by atoms with Gasteiger partial charge in [-0.1, -0.05) is 12.1 Å². The van der Waals surface area contributed by atoms with Gasteiger partial charge in [-0.25, -0.2) is 4.68 Å². The SMILES string of the molecule is O=C(Nc1ccccc1OC(F)(F)F)c1ccc(-n2cccn2)cc1. The van der Waals surface area contributed by atoms with Crippen molar-refractivity contribution in [2.24, 2.45) is 0 Å². The minimum Gasteiger partial charge on any atom is -0.404 e. The Morgan fingerprint density at radius 3 is 2.40 bits per heavy atom. The summed E-state index contributed by atoms with van der Waals surface area (Å²) < 4.78 is 42.8. The lowest BCUT2D eigenvalue weighted by Gasteiger charge is -2.14. The first kappa shape index (κ1) is 16.6. The van der Waals surface area contributed by atoms with Gasteiger partial charge >= 0.3 is 6.36 Å². The second-order valence-electron chi connectivity index (χ2n) is 5.00. The molecule has 1 N–H and O–H groups in total. The van der Waals surface area contributed by atoms with Gasteiger partial charge in [0.25, 0.3) is 5.91 Å². The van der Waals surface area contributed by atoms with Crippen molar-refractivity contribution < 1.29 is 22.7 Å². The fourth-order valence-electron chi connectivity index (χ4n) is 2.17. The van der Waals surface area contributed by atoms with E-state index >= 15 is 0 Å². The summed E-state index contributed by atoms with van der Waals surface area (Å²) in [5.74, 6) is -1.03. The van der Waals surface area contributed by atoms with Crippen molar-refractivity contribution in [1.29, 1.82) is 0 Å². The minimum atomic E-state index is -4.84. The van der Waals surface area contributed by atoms with Crippen molar-refractivity contribution in [1.82, 2.24) is 9.78 Å². The summed E-state index contributed by atoms with van der Waals surface area (Å²) in [6.45, 7) is 0. The highest BCUT2D eigenvalue weighted by Crippen LogP contribution is 2.30. The lowest BCUT2D eigenvalue weighted by Crippen LogP contribution is -2.19. The number of benzene rings is 2. The molecule has 5 nitrogen and oxygen atoms in total. The van der Waals surface area contributed by atoms with Gasteiger partial charge in [0.15, 0.2) is 5.75 Å². The average Bonchev–Trinajstić information content (AvgIpc) is 3.10. The van der Waals surface area contributed by atoms with Gasteiger partial charge < -0.3 is 10.1 Å². The van der Waals surface area contributed by atoms with E-state index in [0.717, 1.165) is 11.8 Å². The molecule has 0 saturated heterocycles. The van der Waals surface area contributed by atoms with Gasteiger partial charge in [-0.15, -0.1) is 13.2 Å². The van der Waals surface area contributed by atoms with E-state index in [1.54, 1.807) is 47.4 Å². The maximum atomic E-state index is 12.4. The third kappa shape index (κ3) is 4.17. The molecule has 1 heterocycles. The Balaban J connectivity index is 1.77. The Morgan fingerprint density at radius 2 is 1.76 bits per heavy atom. The van der Waals surface area contributed by atoms with Crippen LogP contribution in [-0.4, -0.2) is 22.1 Å². The van der Waals surface area contributed by atoms with Crippen molar-refractivity contribution >= 4 is 11.6 Å². The minimum absolute atomic E-state index is 0.0685. The van der Waals surface area contributed by atoms with Crippen LogP contribution >= 0.6 is 0 Å². The molecule has 0 saturated carbocycles. The van der Waals surface area contributed by atoms with E-state index in [1.165, 1.54) is 18.2 Å². The highest BCUT2D eigenvalue weighted by atomic mass is 19.4. The zero-order valence-corrected chi connectivity index (χ0v) is 12.7. The molecule has 8 heteroatoms. The Bertz CT molecular complexity index is 860. The molecule has 0 fully saturated rings. The van der Waals surface area contributed by atoms with Crippen LogP contribution in [-0.2, 0) is 0 Å². The molecule has 1 aromatic heterocycles. The predicted octanol–water partition coefficient (Wildman–Crippen LogP) is 4.02. The number of amides is 1. The molecular formula is C17H12F3N3O2. The average molecular weight is 347 g/mol. The molecule has 0 unspecified atom stereocenters. The molecule has 0 bridgehead atoms. The van der Waals surface area contributed by atoms with Crippen LogP contribution in [0.2, 0.25) is 0 Å². The normalized spacial score (nSPS) is 11.2. The first-order chi connectivity index (χ1) is 11.9. The smallest absolute Gasteiger partial charge is 0.404 e. The molecule has 3 aromatic rings. The predicted molar refractivity (Wildman–Crippen MR) is 84.6 cm³/mol. The van der Waals surface area contributed by atoms with Crippen LogP contribution in [0, 0.1) is 0 Å². The van der Waals surface area contributed by atoms with Crippen LogP contribution in [0.5, 0.6) is 5.75 Å². The van der Waals surface area contributed by atoms with E-state index in [0.29, 0.717) is 0 Å². The molecule has 0 spiro atoms. The monoisotopic (exact) mass is 347 g/mol. The summed E-state index contributed by atoms with van der Waals surface area (Å²) in [6.07, 6.45) is -1.47. The number of nitrogens with zero attached hydrogens (tertiary/aromatic N) is 2. The fraction of sp³-hybridized carbons (Fsp3) is 0.0588. The zero-order chi connectivity index (χ0) is 17.9. The Morgan fingerprint density at radius 1 is 1.04 bits per heavy atom. The highest BCUT2D eigenvalue weighted by molar-refractivity contribution is 6.05. The van der Waals surface area contributed by atoms with Crippen LogP contribution in [0.4, 0.5) is 18.9 Å². The van der Waals surface area contributed by atoms with E-state index in [-0.39, 0.29) is 11.3 Å². The lowest BCUT2D eigenvalue weighted by atomic mass is 10.2. The number of ether oxygens (including phenoxy) is 1. The largest absolute Gasteiger partial charge is 0.573 e. The van der Waals surface area contributed by atoms with Gasteiger partial charge in [0.1, 0.15) is 0 Å². The molecule has 0 aliphatic heterocycles. The molecular weight excluding hydrogens is 335 g/mol. The van der Waals surface area contributed by atoms with Crippen molar-refractivity contribution in [3.05, 3.63) is 72.6 Å². The summed E-state index contributed by atoms with van der Waals surface area (Å²) in [5.41, 5.74) is 0.973. The third-order valence-electron chi connectivity index (χ3n) is 3.26. The summed E-state index contributed by atoms with van der Waals surface area (Å²) in [7, 11) is 0. The summed E-state index contributed by atoms with van der Waals surface area (Å²) in [4.78, 5) is 12.3. The summed E-state index contributed by atoms with van der Waals surface area (Å²) in [5, 5.41) is 6.48. The van der Waals surface area contributed by atoms with Gasteiger partial charge in [-0.3, -0.25) is 4.79 Å². The number of para-hydroxylation sites is 2. The number of carbonyl (C=O) groups excluding carboxylic acids is 1. The number of rotatable bonds is 4. The highest BCUT2D eigenvalue weighted by Gasteiger charge is 2.32. The molecule has 0 aliphatic carbocycles. The molecule has 3 rings (SSSR count). The van der Waals surface area contributed by atoms with Crippen LogP contribution in [0.25, 0.3) is 5.69 Å². The van der Waals surface area contributed by atoms with Crippen LogP contribution < -0.4 is 10.1 Å². The van der Waals surface area contributed by atoms with Gasteiger partial charge in [0.05, 0.1) is 11.4 Å². The number of hydrogen-bond donors (Lipinski definition) is 1. The molecule has 25 heavy (non-hydrogen) atoms. The number of anilines is 1. The number of hydrogen-bond acceptors (Lipinski definition) is 3. The quantitative estimate of drug-likeness (QED) is 0.775. The van der Waals surface area contributed by atoms with Crippen LogP contribution in [0.1, 0.15) is 10.4 Å². The van der Waals surface area contributed by atoms with Gasteiger partial charge in [-0.2, -0.15) is 5.10 Å². The van der Waals surface area contributed by atoms with Crippen LogP contribution in [0.15, 0.2) is 67.0 Å². The van der Waals surface area contributed by atoms with Crippen molar-refractivity contribution in [2.45, 2.75) is 6.36 Å². The van der Waals surface area contributed by atoms with E-state index in [2.05, 4.69) is 15.2 Å². The number of carbonyl (C=O) groups is 1. The van der Waals surface area contributed by atoms with E-state index in [1.807, 2.05) is 0 Å². The molecule has 1 amide bonds. The van der Waals surface area contributed by atoms with Crippen molar-refractivity contribution in [2.75, 3.05) is 5.32 Å². The maximum Gasteiger partial charge on any atom is 0.573 e. The lowest BCUT2D eigenvalue weighted by molar-refractivity contribution is -0.274. The molecule has 0 atom stereocenters. The molecule has 128 valence electrons. The summed E-state index contributed by atoms with van der Waals surface area (Å²) >= 11 is 0. The Kier molecular flexibility index (Phi) is 4.42. The number of halogens is 3. The molecule has 2 aromatic carbocycles. The topological polar surface area (TPSA) is 56.1 Å². The summed E-state index contributed by atoms with van der Waals surface area (Å²) in [6, 6.07) is 13.6.